The van der Waals surface area contributed by atoms with E-state index in [9.17, 15) is 12.6 Å². The standard InChI is InChI=1S/C9H21NO3S2/c1-9(5-7-14(2)11)10-6-4-8-15(3,12)13/h9-10H,4-8H2,1-3H3. The van der Waals surface area contributed by atoms with E-state index in [1.165, 1.54) is 6.26 Å². The van der Waals surface area contributed by atoms with Crippen LogP contribution < -0.4 is 5.32 Å². The fourth-order valence-electron chi connectivity index (χ4n) is 1.13. The second-order valence-electron chi connectivity index (χ2n) is 3.90. The number of sulfone groups is 1. The van der Waals surface area contributed by atoms with E-state index in [4.69, 9.17) is 0 Å². The lowest BCUT2D eigenvalue weighted by molar-refractivity contribution is 0.530. The lowest BCUT2D eigenvalue weighted by Gasteiger charge is -2.12. The number of hydrogen-bond acceptors (Lipinski definition) is 4. The molecule has 15 heavy (non-hydrogen) atoms. The van der Waals surface area contributed by atoms with Crippen LogP contribution in [0.25, 0.3) is 0 Å². The van der Waals surface area contributed by atoms with Crippen molar-refractivity contribution in [1.29, 1.82) is 0 Å². The van der Waals surface area contributed by atoms with Gasteiger partial charge in [0.05, 0.1) is 5.75 Å². The molecule has 6 heteroatoms. The fraction of sp³-hybridized carbons (Fsp3) is 1.00. The van der Waals surface area contributed by atoms with Crippen LogP contribution in [-0.2, 0) is 20.6 Å². The molecule has 0 aromatic heterocycles. The molecule has 0 rings (SSSR count). The Hall–Kier alpha value is 0.0600. The summed E-state index contributed by atoms with van der Waals surface area (Å²) in [6.45, 7) is 2.72. The van der Waals surface area contributed by atoms with Gasteiger partial charge in [0.15, 0.2) is 0 Å². The molecular weight excluding hydrogens is 234 g/mol. The molecule has 2 unspecified atom stereocenters. The van der Waals surface area contributed by atoms with Gasteiger partial charge in [-0.05, 0) is 26.3 Å². The molecule has 0 radical (unpaired) electrons. The van der Waals surface area contributed by atoms with E-state index >= 15 is 0 Å². The first-order chi connectivity index (χ1) is 6.81. The molecule has 0 aromatic carbocycles. The smallest absolute Gasteiger partial charge is 0.147 e. The van der Waals surface area contributed by atoms with Gasteiger partial charge in [-0.1, -0.05) is 0 Å². The molecule has 1 N–H and O–H groups in total. The van der Waals surface area contributed by atoms with Gasteiger partial charge in [-0.2, -0.15) is 0 Å². The third kappa shape index (κ3) is 12.0. The maximum absolute atomic E-state index is 10.8. The molecule has 0 saturated heterocycles. The average Bonchev–Trinajstić information content (AvgIpc) is 2.07. The maximum Gasteiger partial charge on any atom is 0.147 e. The summed E-state index contributed by atoms with van der Waals surface area (Å²) in [5, 5.41) is 3.21. The summed E-state index contributed by atoms with van der Waals surface area (Å²) in [5.41, 5.74) is 0. The highest BCUT2D eigenvalue weighted by Crippen LogP contribution is 1.94. The molecule has 0 spiro atoms. The topological polar surface area (TPSA) is 63.2 Å². The SMILES string of the molecule is CC(CCS(C)=O)NCCCS(C)(=O)=O. The normalized spacial score (nSPS) is 16.2. The van der Waals surface area contributed by atoms with Gasteiger partial charge in [0.2, 0.25) is 0 Å². The summed E-state index contributed by atoms with van der Waals surface area (Å²) >= 11 is 0. The first kappa shape index (κ1) is 15.1. The fourth-order valence-corrected chi connectivity index (χ4v) is 2.48. The van der Waals surface area contributed by atoms with Crippen LogP contribution in [0.1, 0.15) is 19.8 Å². The van der Waals surface area contributed by atoms with Crippen LogP contribution in [0.4, 0.5) is 0 Å². The van der Waals surface area contributed by atoms with Crippen molar-refractivity contribution in [2.24, 2.45) is 0 Å². The Morgan fingerprint density at radius 1 is 1.40 bits per heavy atom. The molecule has 0 fully saturated rings. The number of hydrogen-bond donors (Lipinski definition) is 1. The van der Waals surface area contributed by atoms with Crippen LogP contribution in [0.3, 0.4) is 0 Å². The first-order valence-corrected chi connectivity index (χ1v) is 8.81. The van der Waals surface area contributed by atoms with Crippen LogP contribution in [0.2, 0.25) is 0 Å². The molecule has 4 nitrogen and oxygen atoms in total. The Balaban J connectivity index is 3.47. The Bertz CT molecular complexity index is 288. The minimum absolute atomic E-state index is 0.229. The zero-order valence-electron chi connectivity index (χ0n) is 9.65. The zero-order valence-corrected chi connectivity index (χ0v) is 11.3. The van der Waals surface area contributed by atoms with E-state index in [1.54, 1.807) is 6.26 Å². The van der Waals surface area contributed by atoms with Crippen molar-refractivity contribution in [3.8, 4) is 0 Å². The van der Waals surface area contributed by atoms with Gasteiger partial charge in [0.1, 0.15) is 9.84 Å². The number of rotatable bonds is 8. The monoisotopic (exact) mass is 255 g/mol. The summed E-state index contributed by atoms with van der Waals surface area (Å²) < 4.78 is 32.5. The van der Waals surface area contributed by atoms with Crippen molar-refractivity contribution in [2.45, 2.75) is 25.8 Å². The lowest BCUT2D eigenvalue weighted by Crippen LogP contribution is -2.29. The van der Waals surface area contributed by atoms with Crippen LogP contribution in [0.5, 0.6) is 0 Å². The Kier molecular flexibility index (Phi) is 7.38. The molecule has 2 atom stereocenters. The highest BCUT2D eigenvalue weighted by molar-refractivity contribution is 7.90. The molecule has 92 valence electrons. The average molecular weight is 255 g/mol. The van der Waals surface area contributed by atoms with E-state index < -0.39 is 20.6 Å². The third-order valence-electron chi connectivity index (χ3n) is 2.02. The van der Waals surface area contributed by atoms with Crippen LogP contribution in [0.15, 0.2) is 0 Å². The molecule has 0 aliphatic carbocycles. The van der Waals surface area contributed by atoms with Gasteiger partial charge in [0, 0.05) is 35.1 Å². The van der Waals surface area contributed by atoms with E-state index in [-0.39, 0.29) is 5.75 Å². The Morgan fingerprint density at radius 3 is 2.47 bits per heavy atom. The van der Waals surface area contributed by atoms with Gasteiger partial charge >= 0.3 is 0 Å². The predicted molar refractivity (Wildman–Crippen MR) is 65.3 cm³/mol. The molecule has 0 amide bonds. The highest BCUT2D eigenvalue weighted by Gasteiger charge is 2.04. The minimum atomic E-state index is -2.84. The van der Waals surface area contributed by atoms with Crippen molar-refractivity contribution in [1.82, 2.24) is 5.32 Å². The predicted octanol–water partition coefficient (Wildman–Crippen LogP) is 0.168. The quantitative estimate of drug-likeness (QED) is 0.628. The summed E-state index contributed by atoms with van der Waals surface area (Å²) in [6, 6.07) is 0.300. The summed E-state index contributed by atoms with van der Waals surface area (Å²) in [5.74, 6) is 0.923. The second kappa shape index (κ2) is 7.35. The molecule has 0 aliphatic rings. The maximum atomic E-state index is 10.8. The van der Waals surface area contributed by atoms with Gasteiger partial charge in [0.25, 0.3) is 0 Å². The van der Waals surface area contributed by atoms with E-state index in [0.29, 0.717) is 24.8 Å². The molecule has 0 aromatic rings. The number of nitrogens with one attached hydrogen (secondary N) is 1. The Morgan fingerprint density at radius 2 is 2.00 bits per heavy atom. The van der Waals surface area contributed by atoms with Gasteiger partial charge in [-0.3, -0.25) is 4.21 Å². The van der Waals surface area contributed by atoms with Crippen LogP contribution in [-0.4, -0.2) is 49.2 Å². The summed E-state index contributed by atoms with van der Waals surface area (Å²) in [6.07, 6.45) is 4.44. The lowest BCUT2D eigenvalue weighted by atomic mass is 10.2. The van der Waals surface area contributed by atoms with Crippen molar-refractivity contribution >= 4 is 20.6 Å². The van der Waals surface area contributed by atoms with E-state index in [2.05, 4.69) is 5.32 Å². The van der Waals surface area contributed by atoms with E-state index in [1.807, 2.05) is 6.92 Å². The van der Waals surface area contributed by atoms with Crippen molar-refractivity contribution in [2.75, 3.05) is 30.6 Å². The van der Waals surface area contributed by atoms with E-state index in [0.717, 1.165) is 6.42 Å². The molecule has 0 saturated carbocycles. The summed E-state index contributed by atoms with van der Waals surface area (Å²) in [7, 11) is -3.58. The first-order valence-electron chi connectivity index (χ1n) is 5.02. The zero-order chi connectivity index (χ0) is 11.9. The van der Waals surface area contributed by atoms with Gasteiger partial charge in [-0.25, -0.2) is 8.42 Å². The van der Waals surface area contributed by atoms with Crippen LogP contribution >= 0.6 is 0 Å². The largest absolute Gasteiger partial charge is 0.314 e. The molecule has 0 bridgehead atoms. The highest BCUT2D eigenvalue weighted by atomic mass is 32.2. The molecule has 0 heterocycles. The Labute approximate surface area is 95.2 Å². The third-order valence-corrected chi connectivity index (χ3v) is 3.86. The molecular formula is C9H21NO3S2. The van der Waals surface area contributed by atoms with Crippen molar-refractivity contribution in [3.05, 3.63) is 0 Å². The summed E-state index contributed by atoms with van der Waals surface area (Å²) in [4.78, 5) is 0. The minimum Gasteiger partial charge on any atom is -0.314 e. The van der Waals surface area contributed by atoms with Gasteiger partial charge in [-0.15, -0.1) is 0 Å². The van der Waals surface area contributed by atoms with Crippen molar-refractivity contribution < 1.29 is 12.6 Å². The van der Waals surface area contributed by atoms with Crippen molar-refractivity contribution in [3.63, 3.8) is 0 Å². The molecule has 0 aliphatic heterocycles. The van der Waals surface area contributed by atoms with Gasteiger partial charge < -0.3 is 5.32 Å². The second-order valence-corrected chi connectivity index (χ2v) is 7.72. The van der Waals surface area contributed by atoms with Crippen LogP contribution in [0, 0.1) is 0 Å².